The molecule has 3 heterocycles. The third kappa shape index (κ3) is 4.38. The first kappa shape index (κ1) is 21.6. The standard InChI is InChI=1S/C16H23FN6O5S2/c17-11-12(24)9(6-27-30(19,25)26)28-16(11)23-14-10(13(18)20-7-21-14)15(22-23)29-8-4-2-1-3-5-8/h7-9,11-12,16,24H,1-6H2,(H2,18,20,21)(H2,19,25,26)/t9-,11+,12-,16-/m1/s1. The van der Waals surface area contributed by atoms with Gasteiger partial charge in [-0.25, -0.2) is 24.2 Å². The molecule has 4 atom stereocenters. The summed E-state index contributed by atoms with van der Waals surface area (Å²) in [6.07, 6.45) is 0.686. The molecule has 1 aliphatic heterocycles. The molecule has 0 unspecified atom stereocenters. The molecule has 30 heavy (non-hydrogen) atoms. The maximum atomic E-state index is 14.9. The number of alkyl halides is 1. The molecule has 1 aliphatic carbocycles. The van der Waals surface area contributed by atoms with Crippen molar-refractivity contribution in [3.05, 3.63) is 6.33 Å². The average Bonchev–Trinajstić information content (AvgIpc) is 3.19. The van der Waals surface area contributed by atoms with E-state index in [1.54, 1.807) is 11.8 Å². The molecule has 0 spiro atoms. The van der Waals surface area contributed by atoms with E-state index in [-0.39, 0.29) is 11.5 Å². The van der Waals surface area contributed by atoms with Crippen molar-refractivity contribution < 1.29 is 26.8 Å². The van der Waals surface area contributed by atoms with E-state index in [1.807, 2.05) is 0 Å². The van der Waals surface area contributed by atoms with Gasteiger partial charge in [0.25, 0.3) is 0 Å². The van der Waals surface area contributed by atoms with Gasteiger partial charge in [0.2, 0.25) is 0 Å². The molecule has 1 saturated carbocycles. The second-order valence-electron chi connectivity index (χ2n) is 7.36. The number of rotatable bonds is 6. The van der Waals surface area contributed by atoms with Gasteiger partial charge in [-0.3, -0.25) is 4.18 Å². The highest BCUT2D eigenvalue weighted by Gasteiger charge is 2.47. The molecular weight excluding hydrogens is 439 g/mol. The van der Waals surface area contributed by atoms with E-state index >= 15 is 0 Å². The number of halogens is 1. The Hall–Kier alpha value is -1.58. The van der Waals surface area contributed by atoms with E-state index < -0.39 is 41.5 Å². The molecule has 2 aromatic heterocycles. The molecule has 166 valence electrons. The Kier molecular flexibility index (Phi) is 6.14. The highest BCUT2D eigenvalue weighted by molar-refractivity contribution is 8.00. The maximum absolute atomic E-state index is 14.9. The van der Waals surface area contributed by atoms with E-state index in [9.17, 15) is 17.9 Å². The summed E-state index contributed by atoms with van der Waals surface area (Å²) < 4.78 is 48.1. The Balaban J connectivity index is 1.64. The number of aliphatic hydroxyl groups excluding tert-OH is 1. The molecule has 0 radical (unpaired) electrons. The zero-order valence-corrected chi connectivity index (χ0v) is 17.6. The summed E-state index contributed by atoms with van der Waals surface area (Å²) in [6.45, 7) is -0.628. The van der Waals surface area contributed by atoms with Crippen molar-refractivity contribution in [1.29, 1.82) is 0 Å². The summed E-state index contributed by atoms with van der Waals surface area (Å²) in [6, 6.07) is 0. The minimum Gasteiger partial charge on any atom is -0.387 e. The number of hydrogen-bond acceptors (Lipinski definition) is 10. The van der Waals surface area contributed by atoms with Gasteiger partial charge >= 0.3 is 10.3 Å². The van der Waals surface area contributed by atoms with Crippen LogP contribution in [-0.2, 0) is 19.2 Å². The van der Waals surface area contributed by atoms with Gasteiger partial charge in [0.15, 0.2) is 18.0 Å². The SMILES string of the molecule is Nc1ncnc2c1c(SC1CCCCC1)nn2[C@@H]1O[C@H](COS(N)(=O)=O)[C@@H](O)[C@@H]1F. The van der Waals surface area contributed by atoms with Gasteiger partial charge in [0.05, 0.1) is 12.0 Å². The first-order valence-corrected chi connectivity index (χ1v) is 11.9. The predicted octanol–water partition coefficient (Wildman–Crippen LogP) is 0.650. The normalized spacial score (nSPS) is 28.4. The van der Waals surface area contributed by atoms with Crippen LogP contribution < -0.4 is 10.9 Å². The quantitative estimate of drug-likeness (QED) is 0.554. The van der Waals surface area contributed by atoms with Crippen LogP contribution >= 0.6 is 11.8 Å². The number of fused-ring (bicyclic) bond motifs is 1. The van der Waals surface area contributed by atoms with Crippen molar-refractivity contribution in [3.8, 4) is 0 Å². The van der Waals surface area contributed by atoms with Gasteiger partial charge in [0.1, 0.15) is 29.4 Å². The lowest BCUT2D eigenvalue weighted by atomic mass is 10.0. The molecule has 0 aromatic carbocycles. The molecule has 14 heteroatoms. The summed E-state index contributed by atoms with van der Waals surface area (Å²) in [7, 11) is -4.26. The minimum atomic E-state index is -4.26. The van der Waals surface area contributed by atoms with Crippen LogP contribution in [0.2, 0.25) is 0 Å². The molecule has 11 nitrogen and oxygen atoms in total. The topological polar surface area (TPSA) is 168 Å². The summed E-state index contributed by atoms with van der Waals surface area (Å²) in [5.74, 6) is 0.215. The van der Waals surface area contributed by atoms with Crippen molar-refractivity contribution in [3.63, 3.8) is 0 Å². The zero-order chi connectivity index (χ0) is 21.5. The highest BCUT2D eigenvalue weighted by atomic mass is 32.2. The van der Waals surface area contributed by atoms with Gasteiger partial charge in [-0.05, 0) is 12.8 Å². The fourth-order valence-electron chi connectivity index (χ4n) is 3.76. The lowest BCUT2D eigenvalue weighted by molar-refractivity contribution is -0.0456. The van der Waals surface area contributed by atoms with Crippen molar-refractivity contribution in [2.45, 2.75) is 67.0 Å². The number of thioether (sulfide) groups is 1. The number of aromatic nitrogens is 4. The van der Waals surface area contributed by atoms with E-state index in [0.717, 1.165) is 25.7 Å². The van der Waals surface area contributed by atoms with Crippen LogP contribution in [0.15, 0.2) is 11.4 Å². The molecule has 0 bridgehead atoms. The molecular formula is C16H23FN6O5S2. The largest absolute Gasteiger partial charge is 0.387 e. The third-order valence-corrected chi connectivity index (χ3v) is 7.03. The Morgan fingerprint density at radius 2 is 2.07 bits per heavy atom. The lowest BCUT2D eigenvalue weighted by Gasteiger charge is -2.20. The van der Waals surface area contributed by atoms with Crippen LogP contribution in [0, 0.1) is 0 Å². The van der Waals surface area contributed by atoms with E-state index in [1.165, 1.54) is 17.4 Å². The van der Waals surface area contributed by atoms with Crippen molar-refractivity contribution in [2.75, 3.05) is 12.3 Å². The van der Waals surface area contributed by atoms with Crippen molar-refractivity contribution in [1.82, 2.24) is 19.7 Å². The number of hydrogen-bond donors (Lipinski definition) is 3. The van der Waals surface area contributed by atoms with Crippen LogP contribution in [0.25, 0.3) is 11.0 Å². The third-order valence-electron chi connectivity index (χ3n) is 5.25. The highest BCUT2D eigenvalue weighted by Crippen LogP contribution is 2.40. The van der Waals surface area contributed by atoms with Gasteiger partial charge in [0, 0.05) is 5.25 Å². The van der Waals surface area contributed by atoms with Crippen molar-refractivity contribution >= 4 is 38.9 Å². The van der Waals surface area contributed by atoms with Gasteiger partial charge in [-0.2, -0.15) is 13.5 Å². The minimum absolute atomic E-state index is 0.215. The fourth-order valence-corrected chi connectivity index (χ4v) is 5.42. The summed E-state index contributed by atoms with van der Waals surface area (Å²) in [5.41, 5.74) is 6.33. The summed E-state index contributed by atoms with van der Waals surface area (Å²) in [4.78, 5) is 8.21. The molecule has 2 aliphatic rings. The Bertz CT molecular complexity index is 1010. The number of ether oxygens (including phenoxy) is 1. The van der Waals surface area contributed by atoms with Crippen LogP contribution in [0.4, 0.5) is 10.2 Å². The molecule has 2 aromatic rings. The number of nitrogens with two attached hydrogens (primary N) is 2. The predicted molar refractivity (Wildman–Crippen MR) is 106 cm³/mol. The first-order chi connectivity index (χ1) is 14.2. The number of nitrogens with zero attached hydrogens (tertiary/aromatic N) is 4. The number of nitrogen functional groups attached to an aromatic ring is 1. The summed E-state index contributed by atoms with van der Waals surface area (Å²) in [5, 5.41) is 20.9. The average molecular weight is 463 g/mol. The Morgan fingerprint density at radius 1 is 1.33 bits per heavy atom. The van der Waals surface area contributed by atoms with Gasteiger partial charge < -0.3 is 15.6 Å². The Labute approximate surface area is 176 Å². The first-order valence-electron chi connectivity index (χ1n) is 9.54. The van der Waals surface area contributed by atoms with Crippen LogP contribution in [0.1, 0.15) is 38.3 Å². The molecule has 4 rings (SSSR count). The maximum Gasteiger partial charge on any atom is 0.333 e. The van der Waals surface area contributed by atoms with E-state index in [2.05, 4.69) is 19.2 Å². The van der Waals surface area contributed by atoms with E-state index in [0.29, 0.717) is 15.7 Å². The van der Waals surface area contributed by atoms with Crippen LogP contribution in [0.5, 0.6) is 0 Å². The molecule has 0 amide bonds. The van der Waals surface area contributed by atoms with Gasteiger partial charge in [-0.1, -0.05) is 19.3 Å². The van der Waals surface area contributed by atoms with Crippen LogP contribution in [0.3, 0.4) is 0 Å². The van der Waals surface area contributed by atoms with E-state index in [4.69, 9.17) is 15.6 Å². The number of anilines is 1. The molecule has 5 N–H and O–H groups in total. The van der Waals surface area contributed by atoms with Gasteiger partial charge in [-0.15, -0.1) is 11.8 Å². The second-order valence-corrected chi connectivity index (χ2v) is 9.87. The summed E-state index contributed by atoms with van der Waals surface area (Å²) >= 11 is 1.55. The molecule has 2 fully saturated rings. The molecule has 1 saturated heterocycles. The zero-order valence-electron chi connectivity index (χ0n) is 15.9. The van der Waals surface area contributed by atoms with Crippen LogP contribution in [-0.4, -0.2) is 63.5 Å². The smallest absolute Gasteiger partial charge is 0.333 e. The second kappa shape index (κ2) is 8.51. The lowest BCUT2D eigenvalue weighted by Crippen LogP contribution is -2.33. The fraction of sp³-hybridized carbons (Fsp3) is 0.688. The Morgan fingerprint density at radius 3 is 2.77 bits per heavy atom. The monoisotopic (exact) mass is 462 g/mol. The number of aliphatic hydroxyl groups is 1. The van der Waals surface area contributed by atoms with Crippen molar-refractivity contribution in [2.24, 2.45) is 5.14 Å².